The summed E-state index contributed by atoms with van der Waals surface area (Å²) in [7, 11) is -2.24. The topological polar surface area (TPSA) is 107 Å². The smallest absolute Gasteiger partial charge is 0.408 e. The highest BCUT2D eigenvalue weighted by atomic mass is 32.2. The molecule has 0 aliphatic carbocycles. The fourth-order valence-corrected chi connectivity index (χ4v) is 3.79. The van der Waals surface area contributed by atoms with E-state index in [1.54, 1.807) is 24.7 Å². The van der Waals surface area contributed by atoms with E-state index in [0.29, 0.717) is 16.7 Å². The molecule has 0 aliphatic rings. The van der Waals surface area contributed by atoms with Crippen molar-refractivity contribution in [2.75, 3.05) is 0 Å². The Kier molecular flexibility index (Phi) is 4.54. The predicted molar refractivity (Wildman–Crippen MR) is 103 cm³/mol. The van der Waals surface area contributed by atoms with Gasteiger partial charge in [0.1, 0.15) is 0 Å². The molecule has 0 spiro atoms. The van der Waals surface area contributed by atoms with Crippen molar-refractivity contribution in [3.63, 3.8) is 0 Å². The zero-order chi connectivity index (χ0) is 19.7. The molecule has 0 unspecified atom stereocenters. The first-order valence-electron chi connectivity index (χ1n) is 8.39. The lowest BCUT2D eigenvalue weighted by Gasteiger charge is -2.08. The van der Waals surface area contributed by atoms with Gasteiger partial charge in [0.2, 0.25) is 10.0 Å². The Hall–Kier alpha value is -3.30. The number of aromatic nitrogens is 3. The van der Waals surface area contributed by atoms with E-state index in [9.17, 15) is 13.2 Å². The molecule has 0 bridgehead atoms. The highest BCUT2D eigenvalue weighted by Crippen LogP contribution is 2.19. The van der Waals surface area contributed by atoms with Gasteiger partial charge in [0.15, 0.2) is 5.58 Å². The van der Waals surface area contributed by atoms with Gasteiger partial charge in [-0.05, 0) is 42.0 Å². The van der Waals surface area contributed by atoms with E-state index in [0.717, 1.165) is 11.3 Å². The zero-order valence-corrected chi connectivity index (χ0v) is 15.7. The van der Waals surface area contributed by atoms with E-state index in [-0.39, 0.29) is 11.4 Å². The van der Waals surface area contributed by atoms with Gasteiger partial charge in [0.05, 0.1) is 16.1 Å². The Balaban J connectivity index is 1.52. The highest BCUT2D eigenvalue weighted by Gasteiger charge is 2.17. The second-order valence-corrected chi connectivity index (χ2v) is 7.94. The van der Waals surface area contributed by atoms with Gasteiger partial charge in [-0.15, -0.1) is 0 Å². The van der Waals surface area contributed by atoms with E-state index in [2.05, 4.69) is 14.7 Å². The van der Waals surface area contributed by atoms with Crippen molar-refractivity contribution >= 4 is 21.1 Å². The summed E-state index contributed by atoms with van der Waals surface area (Å²) in [6.45, 7) is 0.0883. The van der Waals surface area contributed by atoms with Crippen LogP contribution in [0.15, 0.2) is 75.2 Å². The van der Waals surface area contributed by atoms with Gasteiger partial charge in [0.25, 0.3) is 0 Å². The monoisotopic (exact) mass is 396 g/mol. The molecule has 3 aromatic heterocycles. The number of benzene rings is 1. The van der Waals surface area contributed by atoms with Gasteiger partial charge in [-0.1, -0.05) is 6.07 Å². The van der Waals surface area contributed by atoms with Gasteiger partial charge >= 0.3 is 5.76 Å². The van der Waals surface area contributed by atoms with Crippen molar-refractivity contribution < 1.29 is 12.8 Å². The van der Waals surface area contributed by atoms with Crippen molar-refractivity contribution in [2.45, 2.75) is 11.4 Å². The second kappa shape index (κ2) is 7.02. The molecule has 0 atom stereocenters. The Morgan fingerprint density at radius 1 is 1.14 bits per heavy atom. The number of hydrogen-bond acceptors (Lipinski definition) is 6. The maximum absolute atomic E-state index is 12.6. The highest BCUT2D eigenvalue weighted by molar-refractivity contribution is 7.89. The average Bonchev–Trinajstić information content (AvgIpc) is 3.01. The number of sulfonamides is 1. The molecule has 142 valence electrons. The lowest BCUT2D eigenvalue weighted by Crippen LogP contribution is -2.23. The molecular weight excluding hydrogens is 380 g/mol. The summed E-state index contributed by atoms with van der Waals surface area (Å²) in [5.74, 6) is -0.544. The summed E-state index contributed by atoms with van der Waals surface area (Å²) in [5.41, 5.74) is 3.10. The Morgan fingerprint density at radius 2 is 2.00 bits per heavy atom. The molecule has 0 aliphatic heterocycles. The number of fused-ring (bicyclic) bond motifs is 1. The molecular formula is C19H16N4O4S. The lowest BCUT2D eigenvalue weighted by molar-refractivity contribution is 0.528. The third-order valence-corrected chi connectivity index (χ3v) is 5.72. The van der Waals surface area contributed by atoms with Crippen molar-refractivity contribution in [1.29, 1.82) is 0 Å². The van der Waals surface area contributed by atoms with E-state index >= 15 is 0 Å². The fourth-order valence-electron chi connectivity index (χ4n) is 2.75. The average molecular weight is 396 g/mol. The van der Waals surface area contributed by atoms with Crippen LogP contribution in [0.3, 0.4) is 0 Å². The summed E-state index contributed by atoms with van der Waals surface area (Å²) < 4.78 is 34.0. The maximum Gasteiger partial charge on any atom is 0.419 e. The molecule has 0 radical (unpaired) electrons. The normalized spacial score (nSPS) is 11.8. The van der Waals surface area contributed by atoms with E-state index in [1.807, 2.05) is 18.2 Å². The first-order valence-corrected chi connectivity index (χ1v) is 9.87. The third kappa shape index (κ3) is 3.45. The number of nitrogens with zero attached hydrogens (tertiary/aromatic N) is 3. The molecule has 0 amide bonds. The van der Waals surface area contributed by atoms with E-state index in [1.165, 1.54) is 29.8 Å². The van der Waals surface area contributed by atoms with E-state index in [4.69, 9.17) is 4.42 Å². The number of pyridine rings is 2. The third-order valence-electron chi connectivity index (χ3n) is 4.32. The Morgan fingerprint density at radius 3 is 2.71 bits per heavy atom. The van der Waals surface area contributed by atoms with Gasteiger partial charge < -0.3 is 4.42 Å². The molecule has 0 fully saturated rings. The summed E-state index contributed by atoms with van der Waals surface area (Å²) in [4.78, 5) is 20.0. The summed E-state index contributed by atoms with van der Waals surface area (Å²) in [6.07, 6.45) is 5.02. The Bertz CT molecular complexity index is 1290. The largest absolute Gasteiger partial charge is 0.419 e. The molecule has 3 heterocycles. The van der Waals surface area contributed by atoms with Crippen LogP contribution in [-0.4, -0.2) is 23.0 Å². The summed E-state index contributed by atoms with van der Waals surface area (Å²) in [6, 6.07) is 11.6. The SMILES string of the molecule is Cn1c(=O)oc2ccc(S(=O)(=O)NCc3ccc(-c4cccnc4)nc3)cc21. The van der Waals surface area contributed by atoms with Crippen molar-refractivity contribution in [3.8, 4) is 11.3 Å². The second-order valence-electron chi connectivity index (χ2n) is 6.17. The summed E-state index contributed by atoms with van der Waals surface area (Å²) >= 11 is 0. The molecule has 0 saturated heterocycles. The van der Waals surface area contributed by atoms with Crippen LogP contribution in [-0.2, 0) is 23.6 Å². The van der Waals surface area contributed by atoms with E-state index < -0.39 is 15.8 Å². The molecule has 9 heteroatoms. The Labute approximate surface area is 160 Å². The first-order chi connectivity index (χ1) is 13.4. The van der Waals surface area contributed by atoms with Crippen LogP contribution in [0, 0.1) is 0 Å². The van der Waals surface area contributed by atoms with Crippen LogP contribution in [0.5, 0.6) is 0 Å². The number of aryl methyl sites for hydroxylation is 1. The molecule has 0 saturated carbocycles. The number of oxazole rings is 1. The maximum atomic E-state index is 12.6. The van der Waals surface area contributed by atoms with Gasteiger partial charge in [0, 0.05) is 37.7 Å². The lowest BCUT2D eigenvalue weighted by atomic mass is 10.1. The number of rotatable bonds is 5. The molecule has 4 rings (SSSR count). The van der Waals surface area contributed by atoms with Gasteiger partial charge in [-0.25, -0.2) is 17.9 Å². The zero-order valence-electron chi connectivity index (χ0n) is 14.9. The standard InChI is InChI=1S/C19H16N4O4S/c1-23-17-9-15(5-7-18(17)27-19(23)24)28(25,26)22-11-13-4-6-16(21-10-13)14-3-2-8-20-12-14/h2-10,12,22H,11H2,1H3. The van der Waals surface area contributed by atoms with Gasteiger partial charge in [-0.2, -0.15) is 0 Å². The van der Waals surface area contributed by atoms with Crippen LogP contribution < -0.4 is 10.5 Å². The van der Waals surface area contributed by atoms with Crippen molar-refractivity contribution in [1.82, 2.24) is 19.3 Å². The van der Waals surface area contributed by atoms with Crippen molar-refractivity contribution in [2.24, 2.45) is 7.05 Å². The molecule has 1 N–H and O–H groups in total. The van der Waals surface area contributed by atoms with Crippen LogP contribution in [0.1, 0.15) is 5.56 Å². The van der Waals surface area contributed by atoms with Crippen molar-refractivity contribution in [3.05, 3.63) is 77.2 Å². The molecule has 4 aromatic rings. The van der Waals surface area contributed by atoms with Crippen LogP contribution in [0.2, 0.25) is 0 Å². The molecule has 28 heavy (non-hydrogen) atoms. The number of hydrogen-bond donors (Lipinski definition) is 1. The van der Waals surface area contributed by atoms with Gasteiger partial charge in [-0.3, -0.25) is 14.5 Å². The predicted octanol–water partition coefficient (Wildman–Crippen LogP) is 2.07. The van der Waals surface area contributed by atoms with Crippen LogP contribution in [0.25, 0.3) is 22.4 Å². The van der Waals surface area contributed by atoms with Crippen LogP contribution >= 0.6 is 0 Å². The van der Waals surface area contributed by atoms with Crippen LogP contribution in [0.4, 0.5) is 0 Å². The number of nitrogens with one attached hydrogen (secondary N) is 1. The fraction of sp³-hybridized carbons (Fsp3) is 0.105. The minimum Gasteiger partial charge on any atom is -0.408 e. The first kappa shape index (κ1) is 18.1. The quantitative estimate of drug-likeness (QED) is 0.553. The minimum absolute atomic E-state index is 0.0522. The summed E-state index contributed by atoms with van der Waals surface area (Å²) in [5, 5.41) is 0. The molecule has 1 aromatic carbocycles. The minimum atomic E-state index is -3.76. The molecule has 8 nitrogen and oxygen atoms in total.